The van der Waals surface area contributed by atoms with Crippen LogP contribution in [0.3, 0.4) is 0 Å². The van der Waals surface area contributed by atoms with Crippen molar-refractivity contribution in [2.24, 2.45) is 0 Å². The lowest BCUT2D eigenvalue weighted by molar-refractivity contribution is 0.302. The summed E-state index contributed by atoms with van der Waals surface area (Å²) in [5.74, 6) is 0.694. The van der Waals surface area contributed by atoms with Crippen LogP contribution in [-0.4, -0.2) is 15.7 Å². The van der Waals surface area contributed by atoms with Crippen LogP contribution in [0.15, 0.2) is 41.5 Å². The van der Waals surface area contributed by atoms with Gasteiger partial charge in [-0.05, 0) is 32.4 Å². The lowest BCUT2D eigenvalue weighted by Crippen LogP contribution is -2.25. The molecule has 0 aliphatic carbocycles. The van der Waals surface area contributed by atoms with Crippen molar-refractivity contribution in [3.8, 4) is 5.75 Å². The van der Waals surface area contributed by atoms with E-state index in [4.69, 9.17) is 10.5 Å². The standard InChI is InChI=1S/C15H21N3O2/c1-12(2)18-10-9-17(15(18)19)8-5-11-20-14-7-4-3-6-13(14)16/h3-4,6-7,9-10,12H,5,8,11,16H2,1-2H3. The van der Waals surface area contributed by atoms with E-state index in [1.807, 2.05) is 50.5 Å². The van der Waals surface area contributed by atoms with E-state index < -0.39 is 0 Å². The first-order chi connectivity index (χ1) is 9.59. The third-order valence-electron chi connectivity index (χ3n) is 3.15. The Hall–Kier alpha value is -2.17. The molecule has 0 saturated heterocycles. The number of nitrogens with zero attached hydrogens (tertiary/aromatic N) is 2. The second kappa shape index (κ2) is 6.32. The first kappa shape index (κ1) is 14.2. The lowest BCUT2D eigenvalue weighted by atomic mass is 10.3. The minimum atomic E-state index is 0.0271. The molecule has 5 nitrogen and oxygen atoms in total. The van der Waals surface area contributed by atoms with E-state index in [-0.39, 0.29) is 11.7 Å². The van der Waals surface area contributed by atoms with Gasteiger partial charge in [0.05, 0.1) is 12.3 Å². The van der Waals surface area contributed by atoms with Gasteiger partial charge in [-0.15, -0.1) is 0 Å². The maximum atomic E-state index is 12.0. The highest BCUT2D eigenvalue weighted by Crippen LogP contribution is 2.19. The first-order valence-electron chi connectivity index (χ1n) is 6.84. The average Bonchev–Trinajstić information content (AvgIpc) is 2.78. The summed E-state index contributed by atoms with van der Waals surface area (Å²) in [6.45, 7) is 5.17. The Bertz CT molecular complexity index is 614. The van der Waals surface area contributed by atoms with Crippen molar-refractivity contribution in [2.75, 3.05) is 12.3 Å². The van der Waals surface area contributed by atoms with Crippen LogP contribution in [0.4, 0.5) is 5.69 Å². The fourth-order valence-corrected chi connectivity index (χ4v) is 2.02. The zero-order valence-electron chi connectivity index (χ0n) is 12.0. The van der Waals surface area contributed by atoms with Crippen LogP contribution < -0.4 is 16.2 Å². The molecule has 0 unspecified atom stereocenters. The van der Waals surface area contributed by atoms with Crippen molar-refractivity contribution in [3.05, 3.63) is 47.1 Å². The third kappa shape index (κ3) is 3.23. The highest BCUT2D eigenvalue weighted by molar-refractivity contribution is 5.51. The molecule has 0 saturated carbocycles. The molecule has 0 bridgehead atoms. The molecule has 0 aliphatic rings. The van der Waals surface area contributed by atoms with Crippen molar-refractivity contribution in [1.29, 1.82) is 0 Å². The molecule has 2 aromatic rings. The Morgan fingerprint density at radius 3 is 2.65 bits per heavy atom. The van der Waals surface area contributed by atoms with Gasteiger partial charge in [0.2, 0.25) is 0 Å². The van der Waals surface area contributed by atoms with Crippen LogP contribution in [0.2, 0.25) is 0 Å². The summed E-state index contributed by atoms with van der Waals surface area (Å²) < 4.78 is 9.03. The summed E-state index contributed by atoms with van der Waals surface area (Å²) in [6, 6.07) is 7.60. The Morgan fingerprint density at radius 2 is 2.00 bits per heavy atom. The number of nitrogens with two attached hydrogens (primary N) is 1. The Balaban J connectivity index is 1.85. The molecule has 108 valence electrons. The van der Waals surface area contributed by atoms with E-state index >= 15 is 0 Å². The number of benzene rings is 1. The highest BCUT2D eigenvalue weighted by Gasteiger charge is 2.05. The Labute approximate surface area is 118 Å². The van der Waals surface area contributed by atoms with Gasteiger partial charge in [-0.1, -0.05) is 12.1 Å². The summed E-state index contributed by atoms with van der Waals surface area (Å²) in [4.78, 5) is 12.0. The van der Waals surface area contributed by atoms with Gasteiger partial charge in [-0.25, -0.2) is 4.79 Å². The second-order valence-electron chi connectivity index (χ2n) is 5.01. The molecule has 0 radical (unpaired) electrons. The summed E-state index contributed by atoms with van der Waals surface area (Å²) >= 11 is 0. The van der Waals surface area contributed by atoms with E-state index in [0.29, 0.717) is 24.6 Å². The zero-order chi connectivity index (χ0) is 14.5. The van der Waals surface area contributed by atoms with E-state index in [1.54, 1.807) is 9.13 Å². The van der Waals surface area contributed by atoms with Gasteiger partial charge < -0.3 is 10.5 Å². The predicted octanol–water partition coefficient (Wildman–Crippen LogP) is 2.28. The summed E-state index contributed by atoms with van der Waals surface area (Å²) in [7, 11) is 0. The van der Waals surface area contributed by atoms with Gasteiger partial charge in [0.15, 0.2) is 0 Å². The molecule has 20 heavy (non-hydrogen) atoms. The molecule has 0 atom stereocenters. The van der Waals surface area contributed by atoms with Crippen LogP contribution in [0.5, 0.6) is 5.75 Å². The minimum absolute atomic E-state index is 0.0271. The number of aromatic nitrogens is 2. The number of anilines is 1. The second-order valence-corrected chi connectivity index (χ2v) is 5.01. The predicted molar refractivity (Wildman–Crippen MR) is 80.0 cm³/mol. The van der Waals surface area contributed by atoms with E-state index in [0.717, 1.165) is 6.42 Å². The number of para-hydroxylation sites is 2. The minimum Gasteiger partial charge on any atom is -0.491 e. The largest absolute Gasteiger partial charge is 0.491 e. The third-order valence-corrected chi connectivity index (χ3v) is 3.15. The van der Waals surface area contributed by atoms with Crippen molar-refractivity contribution in [3.63, 3.8) is 0 Å². The van der Waals surface area contributed by atoms with Crippen molar-refractivity contribution in [2.45, 2.75) is 32.9 Å². The molecular formula is C15H21N3O2. The number of hydrogen-bond donors (Lipinski definition) is 1. The number of aryl methyl sites for hydroxylation is 1. The van der Waals surface area contributed by atoms with Crippen LogP contribution in [0.25, 0.3) is 0 Å². The normalized spacial score (nSPS) is 10.9. The van der Waals surface area contributed by atoms with Gasteiger partial charge in [-0.3, -0.25) is 9.13 Å². The first-order valence-corrected chi connectivity index (χ1v) is 6.84. The molecule has 2 rings (SSSR count). The fraction of sp³-hybridized carbons (Fsp3) is 0.400. The molecule has 1 aromatic heterocycles. The maximum absolute atomic E-state index is 12.0. The van der Waals surface area contributed by atoms with Crippen LogP contribution >= 0.6 is 0 Å². The number of nitrogen functional groups attached to an aromatic ring is 1. The Kier molecular flexibility index (Phi) is 4.50. The quantitative estimate of drug-likeness (QED) is 0.650. The number of hydrogen-bond acceptors (Lipinski definition) is 3. The van der Waals surface area contributed by atoms with Crippen LogP contribution in [-0.2, 0) is 6.54 Å². The van der Waals surface area contributed by atoms with Crippen LogP contribution in [0.1, 0.15) is 26.3 Å². The van der Waals surface area contributed by atoms with Crippen molar-refractivity contribution in [1.82, 2.24) is 9.13 Å². The number of ether oxygens (including phenoxy) is 1. The topological polar surface area (TPSA) is 62.2 Å². The van der Waals surface area contributed by atoms with Crippen LogP contribution in [0, 0.1) is 0 Å². The fourth-order valence-electron chi connectivity index (χ4n) is 2.02. The molecule has 2 N–H and O–H groups in total. The molecule has 0 aliphatic heterocycles. The van der Waals surface area contributed by atoms with E-state index in [1.165, 1.54) is 0 Å². The van der Waals surface area contributed by atoms with Gasteiger partial charge in [0, 0.05) is 25.0 Å². The monoisotopic (exact) mass is 275 g/mol. The summed E-state index contributed by atoms with van der Waals surface area (Å²) in [5.41, 5.74) is 6.45. The summed E-state index contributed by atoms with van der Waals surface area (Å²) in [5, 5.41) is 0. The lowest BCUT2D eigenvalue weighted by Gasteiger charge is -2.08. The van der Waals surface area contributed by atoms with Gasteiger partial charge >= 0.3 is 5.69 Å². The van der Waals surface area contributed by atoms with Gasteiger partial charge in [-0.2, -0.15) is 0 Å². The zero-order valence-corrected chi connectivity index (χ0v) is 12.0. The molecular weight excluding hydrogens is 254 g/mol. The number of rotatable bonds is 6. The molecule has 1 aromatic carbocycles. The van der Waals surface area contributed by atoms with Crippen molar-refractivity contribution < 1.29 is 4.74 Å². The summed E-state index contributed by atoms with van der Waals surface area (Å²) in [6.07, 6.45) is 4.40. The van der Waals surface area contributed by atoms with Gasteiger partial charge in [0.25, 0.3) is 0 Å². The average molecular weight is 275 g/mol. The molecule has 0 amide bonds. The van der Waals surface area contributed by atoms with Crippen molar-refractivity contribution >= 4 is 5.69 Å². The maximum Gasteiger partial charge on any atom is 0.328 e. The highest BCUT2D eigenvalue weighted by atomic mass is 16.5. The molecule has 5 heteroatoms. The molecule has 1 heterocycles. The van der Waals surface area contributed by atoms with Gasteiger partial charge in [0.1, 0.15) is 5.75 Å². The van der Waals surface area contributed by atoms with E-state index in [9.17, 15) is 4.79 Å². The van der Waals surface area contributed by atoms with E-state index in [2.05, 4.69) is 0 Å². The molecule has 0 fully saturated rings. The smallest absolute Gasteiger partial charge is 0.328 e. The number of imidazole rings is 1. The Morgan fingerprint density at radius 1 is 1.25 bits per heavy atom. The molecule has 0 spiro atoms. The SMILES string of the molecule is CC(C)n1ccn(CCCOc2ccccc2N)c1=O.